The van der Waals surface area contributed by atoms with Crippen molar-refractivity contribution >= 4 is 29.1 Å². The molecule has 1 aliphatic heterocycles. The standard InChI is InChI=1S/C14H15Cl2NO.C4H9N/c15-11-3-1-2-10(12(11)16)14(18)17-13(8-4-5-8)9-6-7-9;1-2-4-5-3-1/h1-3,8-9,13H,4-7H2,(H,17,18);5H,1-4H2. The first kappa shape index (κ1) is 17.1. The van der Waals surface area contributed by atoms with Crippen LogP contribution in [0.4, 0.5) is 0 Å². The van der Waals surface area contributed by atoms with Crippen molar-refractivity contribution in [1.29, 1.82) is 0 Å². The highest BCUT2D eigenvalue weighted by Crippen LogP contribution is 2.44. The first-order valence-corrected chi connectivity index (χ1v) is 9.38. The van der Waals surface area contributed by atoms with Gasteiger partial charge in [-0.1, -0.05) is 29.3 Å². The molecule has 3 fully saturated rings. The molecule has 0 bridgehead atoms. The molecule has 1 aromatic carbocycles. The minimum Gasteiger partial charge on any atom is -0.349 e. The number of hydrogen-bond acceptors (Lipinski definition) is 2. The van der Waals surface area contributed by atoms with Gasteiger partial charge in [-0.3, -0.25) is 4.79 Å². The molecule has 0 unspecified atom stereocenters. The van der Waals surface area contributed by atoms with Crippen molar-refractivity contribution in [2.75, 3.05) is 13.1 Å². The molecule has 0 aromatic heterocycles. The Morgan fingerprint density at radius 2 is 1.70 bits per heavy atom. The van der Waals surface area contributed by atoms with Crippen LogP contribution in [0.2, 0.25) is 10.0 Å². The summed E-state index contributed by atoms with van der Waals surface area (Å²) >= 11 is 12.0. The molecule has 126 valence electrons. The molecule has 3 nitrogen and oxygen atoms in total. The quantitative estimate of drug-likeness (QED) is 0.846. The first-order chi connectivity index (χ1) is 11.2. The molecule has 1 amide bonds. The molecule has 2 N–H and O–H groups in total. The second-order valence-corrected chi connectivity index (χ2v) is 7.52. The summed E-state index contributed by atoms with van der Waals surface area (Å²) in [7, 11) is 0. The maximum Gasteiger partial charge on any atom is 0.253 e. The smallest absolute Gasteiger partial charge is 0.253 e. The van der Waals surface area contributed by atoms with Crippen LogP contribution >= 0.6 is 23.2 Å². The Morgan fingerprint density at radius 1 is 1.09 bits per heavy atom. The Morgan fingerprint density at radius 3 is 2.17 bits per heavy atom. The number of hydrogen-bond donors (Lipinski definition) is 2. The molecule has 23 heavy (non-hydrogen) atoms. The fourth-order valence-electron chi connectivity index (χ4n) is 3.06. The summed E-state index contributed by atoms with van der Waals surface area (Å²) in [5.74, 6) is 1.27. The van der Waals surface area contributed by atoms with E-state index in [4.69, 9.17) is 23.2 Å². The lowest BCUT2D eigenvalue weighted by molar-refractivity contribution is 0.0926. The van der Waals surface area contributed by atoms with E-state index in [0.29, 0.717) is 33.5 Å². The second-order valence-electron chi connectivity index (χ2n) is 6.73. The van der Waals surface area contributed by atoms with Crippen LogP contribution in [0.3, 0.4) is 0 Å². The van der Waals surface area contributed by atoms with Crippen LogP contribution in [-0.2, 0) is 0 Å². The van der Waals surface area contributed by atoms with Crippen LogP contribution < -0.4 is 10.6 Å². The van der Waals surface area contributed by atoms with Gasteiger partial charge in [0.25, 0.3) is 5.91 Å². The Labute approximate surface area is 148 Å². The third kappa shape index (κ3) is 4.85. The van der Waals surface area contributed by atoms with E-state index in [2.05, 4.69) is 10.6 Å². The van der Waals surface area contributed by atoms with Gasteiger partial charge in [-0.15, -0.1) is 0 Å². The van der Waals surface area contributed by atoms with Crippen LogP contribution in [0, 0.1) is 11.8 Å². The van der Waals surface area contributed by atoms with Gasteiger partial charge in [0.2, 0.25) is 0 Å². The monoisotopic (exact) mass is 354 g/mol. The minimum absolute atomic E-state index is 0.0914. The highest BCUT2D eigenvalue weighted by molar-refractivity contribution is 6.43. The van der Waals surface area contributed by atoms with Crippen LogP contribution in [-0.4, -0.2) is 25.0 Å². The lowest BCUT2D eigenvalue weighted by Gasteiger charge is -2.18. The molecule has 3 aliphatic rings. The zero-order chi connectivity index (χ0) is 16.2. The van der Waals surface area contributed by atoms with Crippen molar-refractivity contribution in [3.05, 3.63) is 33.8 Å². The number of rotatable bonds is 4. The third-order valence-corrected chi connectivity index (χ3v) is 5.53. The summed E-state index contributed by atoms with van der Waals surface area (Å²) in [4.78, 5) is 12.2. The third-order valence-electron chi connectivity index (χ3n) is 4.71. The predicted octanol–water partition coefficient (Wildman–Crippen LogP) is 4.28. The number of carbonyl (C=O) groups is 1. The van der Waals surface area contributed by atoms with Crippen LogP contribution in [0.5, 0.6) is 0 Å². The van der Waals surface area contributed by atoms with Crippen molar-refractivity contribution in [3.8, 4) is 0 Å². The number of nitrogens with one attached hydrogen (secondary N) is 2. The van der Waals surface area contributed by atoms with E-state index in [0.717, 1.165) is 0 Å². The van der Waals surface area contributed by atoms with Gasteiger partial charge in [-0.05, 0) is 75.6 Å². The fourth-order valence-corrected chi connectivity index (χ4v) is 3.45. The normalized spacial score (nSPS) is 20.1. The molecule has 0 radical (unpaired) electrons. The minimum atomic E-state index is -0.0914. The summed E-state index contributed by atoms with van der Waals surface area (Å²) in [6.45, 7) is 2.50. The van der Waals surface area contributed by atoms with Crippen molar-refractivity contribution in [2.45, 2.75) is 44.6 Å². The summed E-state index contributed by atoms with van der Waals surface area (Å²) in [5.41, 5.74) is 0.482. The summed E-state index contributed by atoms with van der Waals surface area (Å²) < 4.78 is 0. The Hall–Kier alpha value is -0.770. The van der Waals surface area contributed by atoms with E-state index in [9.17, 15) is 4.79 Å². The maximum atomic E-state index is 12.2. The maximum absolute atomic E-state index is 12.2. The van der Waals surface area contributed by atoms with Crippen LogP contribution in [0.25, 0.3) is 0 Å². The largest absolute Gasteiger partial charge is 0.349 e. The van der Waals surface area contributed by atoms with Crippen molar-refractivity contribution in [3.63, 3.8) is 0 Å². The second kappa shape index (κ2) is 7.87. The molecule has 5 heteroatoms. The first-order valence-electron chi connectivity index (χ1n) is 8.62. The Bertz CT molecular complexity index is 532. The Balaban J connectivity index is 0.000000267. The number of carbonyl (C=O) groups excluding carboxylic acids is 1. The lowest BCUT2D eigenvalue weighted by atomic mass is 10.1. The average molecular weight is 355 g/mol. The van der Waals surface area contributed by atoms with Crippen LogP contribution in [0.15, 0.2) is 18.2 Å². The van der Waals surface area contributed by atoms with E-state index in [1.165, 1.54) is 51.6 Å². The van der Waals surface area contributed by atoms with Gasteiger partial charge in [-0.25, -0.2) is 0 Å². The van der Waals surface area contributed by atoms with Gasteiger partial charge >= 0.3 is 0 Å². The molecule has 0 spiro atoms. The number of benzene rings is 1. The van der Waals surface area contributed by atoms with Crippen molar-refractivity contribution < 1.29 is 4.79 Å². The molecule has 1 heterocycles. The van der Waals surface area contributed by atoms with E-state index in [-0.39, 0.29) is 5.91 Å². The van der Waals surface area contributed by atoms with E-state index in [1.807, 2.05) is 0 Å². The molecule has 1 saturated heterocycles. The highest BCUT2D eigenvalue weighted by Gasteiger charge is 2.42. The SMILES string of the molecule is C1CCNC1.O=C(NC(C1CC1)C1CC1)c1cccc(Cl)c1Cl. The molecule has 0 atom stereocenters. The van der Waals surface area contributed by atoms with E-state index < -0.39 is 0 Å². The number of halogens is 2. The van der Waals surface area contributed by atoms with Crippen LogP contribution in [0.1, 0.15) is 48.9 Å². The molecule has 4 rings (SSSR count). The molecule has 2 saturated carbocycles. The topological polar surface area (TPSA) is 41.1 Å². The van der Waals surface area contributed by atoms with Gasteiger partial charge in [0.15, 0.2) is 0 Å². The van der Waals surface area contributed by atoms with Gasteiger partial charge in [0, 0.05) is 6.04 Å². The van der Waals surface area contributed by atoms with E-state index >= 15 is 0 Å². The molecular formula is C18H24Cl2N2O. The molecule has 1 aromatic rings. The average Bonchev–Trinajstić information content (AvgIpc) is 3.49. The fraction of sp³-hybridized carbons (Fsp3) is 0.611. The van der Waals surface area contributed by atoms with Gasteiger partial charge < -0.3 is 10.6 Å². The van der Waals surface area contributed by atoms with Gasteiger partial charge in [0.1, 0.15) is 0 Å². The summed E-state index contributed by atoms with van der Waals surface area (Å²) in [6, 6.07) is 5.51. The van der Waals surface area contributed by atoms with Crippen molar-refractivity contribution in [2.24, 2.45) is 11.8 Å². The highest BCUT2D eigenvalue weighted by atomic mass is 35.5. The predicted molar refractivity (Wildman–Crippen MR) is 95.3 cm³/mol. The summed E-state index contributed by atoms with van der Waals surface area (Å²) in [5, 5.41) is 7.14. The molecular weight excluding hydrogens is 331 g/mol. The zero-order valence-corrected chi connectivity index (χ0v) is 14.8. The Kier molecular flexibility index (Phi) is 5.84. The lowest BCUT2D eigenvalue weighted by Crippen LogP contribution is -2.38. The zero-order valence-electron chi connectivity index (χ0n) is 13.3. The molecule has 2 aliphatic carbocycles. The van der Waals surface area contributed by atoms with E-state index in [1.54, 1.807) is 18.2 Å². The van der Waals surface area contributed by atoms with Gasteiger partial charge in [0.05, 0.1) is 15.6 Å². The van der Waals surface area contributed by atoms with Crippen molar-refractivity contribution in [1.82, 2.24) is 10.6 Å². The van der Waals surface area contributed by atoms with Gasteiger partial charge in [-0.2, -0.15) is 0 Å². The summed E-state index contributed by atoms with van der Waals surface area (Å²) in [6.07, 6.45) is 7.74. The number of amides is 1.